The average Bonchev–Trinajstić information content (AvgIpc) is 2.94. The van der Waals surface area contributed by atoms with Crippen LogP contribution in [0.2, 0.25) is 0 Å². The van der Waals surface area contributed by atoms with Crippen molar-refractivity contribution in [3.8, 4) is 6.07 Å². The molecule has 1 fully saturated rings. The maximum Gasteiger partial charge on any atom is 0.416 e. The molecule has 1 aliphatic carbocycles. The molecule has 7 heteroatoms. The fourth-order valence-electron chi connectivity index (χ4n) is 2.54. The molecule has 1 amide bonds. The highest BCUT2D eigenvalue weighted by molar-refractivity contribution is 5.82. The number of hydrogen-bond acceptors (Lipinski definition) is 3. The number of nitrogens with one attached hydrogen (secondary N) is 2. The summed E-state index contributed by atoms with van der Waals surface area (Å²) in [7, 11) is 0. The highest BCUT2D eigenvalue weighted by atomic mass is 19.4. The number of rotatable bonds is 4. The number of carbonyl (C=O) groups is 1. The second kappa shape index (κ2) is 6.26. The van der Waals surface area contributed by atoms with E-state index in [1.807, 2.05) is 0 Å². The third-order valence-corrected chi connectivity index (χ3v) is 3.69. The van der Waals surface area contributed by atoms with Crippen LogP contribution in [-0.2, 0) is 11.0 Å². The van der Waals surface area contributed by atoms with Gasteiger partial charge in [-0.25, -0.2) is 0 Å². The summed E-state index contributed by atoms with van der Waals surface area (Å²) in [5.74, 6) is -0.402. The Labute approximate surface area is 126 Å². The Morgan fingerprint density at radius 1 is 1.32 bits per heavy atom. The van der Waals surface area contributed by atoms with Crippen LogP contribution in [0.1, 0.15) is 31.2 Å². The first-order valence-corrected chi connectivity index (χ1v) is 6.98. The van der Waals surface area contributed by atoms with Gasteiger partial charge < -0.3 is 10.6 Å². The Balaban J connectivity index is 1.93. The zero-order valence-corrected chi connectivity index (χ0v) is 11.8. The first kappa shape index (κ1) is 16.1. The number of hydrogen-bond donors (Lipinski definition) is 2. The summed E-state index contributed by atoms with van der Waals surface area (Å²) < 4.78 is 37.8. The Bertz CT molecular complexity index is 586. The number of halogens is 3. The number of carbonyl (C=O) groups excluding carboxylic acids is 1. The standard InChI is InChI=1S/C15H16F3N3O/c16-15(17,18)11-4-3-5-12(8-11)20-9-13(22)21-14(10-19)6-1-2-7-14/h3-5,8,20H,1-2,6-7,9H2,(H,21,22). The Kier molecular flexibility index (Phi) is 4.59. The van der Waals surface area contributed by atoms with Gasteiger partial charge in [0.25, 0.3) is 0 Å². The molecule has 1 saturated carbocycles. The smallest absolute Gasteiger partial charge is 0.376 e. The van der Waals surface area contributed by atoms with Crippen molar-refractivity contribution in [3.05, 3.63) is 29.8 Å². The molecule has 1 aromatic carbocycles. The second-order valence-corrected chi connectivity index (χ2v) is 5.38. The lowest BCUT2D eigenvalue weighted by Crippen LogP contribution is -2.47. The third kappa shape index (κ3) is 3.91. The summed E-state index contributed by atoms with van der Waals surface area (Å²) in [5, 5.41) is 14.5. The van der Waals surface area contributed by atoms with Crippen LogP contribution in [0.25, 0.3) is 0 Å². The first-order valence-electron chi connectivity index (χ1n) is 6.98. The third-order valence-electron chi connectivity index (χ3n) is 3.69. The summed E-state index contributed by atoms with van der Waals surface area (Å²) in [5.41, 5.74) is -1.39. The van der Waals surface area contributed by atoms with Gasteiger partial charge in [0.2, 0.25) is 5.91 Å². The van der Waals surface area contributed by atoms with Gasteiger partial charge in [-0.1, -0.05) is 6.07 Å². The minimum atomic E-state index is -4.42. The minimum absolute atomic E-state index is 0.176. The van der Waals surface area contributed by atoms with Gasteiger partial charge in [0.05, 0.1) is 18.2 Å². The quantitative estimate of drug-likeness (QED) is 0.898. The van der Waals surface area contributed by atoms with Gasteiger partial charge in [0, 0.05) is 5.69 Å². The maximum absolute atomic E-state index is 12.6. The van der Waals surface area contributed by atoms with Crippen molar-refractivity contribution < 1.29 is 18.0 Å². The normalized spacial score (nSPS) is 16.8. The van der Waals surface area contributed by atoms with Gasteiger partial charge in [-0.15, -0.1) is 0 Å². The molecule has 1 aromatic rings. The number of nitrogens with zero attached hydrogens (tertiary/aromatic N) is 1. The molecule has 0 spiro atoms. The summed E-state index contributed by atoms with van der Waals surface area (Å²) in [6, 6.07) is 6.77. The SMILES string of the molecule is N#CC1(NC(=O)CNc2cccc(C(F)(F)F)c2)CCCC1. The monoisotopic (exact) mass is 311 g/mol. The zero-order chi connectivity index (χ0) is 16.2. The molecule has 0 aromatic heterocycles. The van der Waals surface area contributed by atoms with Crippen molar-refractivity contribution >= 4 is 11.6 Å². The van der Waals surface area contributed by atoms with E-state index in [4.69, 9.17) is 5.26 Å². The van der Waals surface area contributed by atoms with Crippen LogP contribution in [0.3, 0.4) is 0 Å². The number of benzene rings is 1. The zero-order valence-electron chi connectivity index (χ0n) is 11.8. The molecular weight excluding hydrogens is 295 g/mol. The summed E-state index contributed by atoms with van der Waals surface area (Å²) in [6.07, 6.45) is -1.43. The van der Waals surface area contributed by atoms with E-state index in [1.165, 1.54) is 12.1 Å². The lowest BCUT2D eigenvalue weighted by Gasteiger charge is -2.22. The number of alkyl halides is 3. The van der Waals surface area contributed by atoms with E-state index in [-0.39, 0.29) is 12.2 Å². The van der Waals surface area contributed by atoms with Crippen molar-refractivity contribution in [1.29, 1.82) is 5.26 Å². The first-order chi connectivity index (χ1) is 10.3. The molecule has 0 atom stereocenters. The van der Waals surface area contributed by atoms with Gasteiger partial charge in [0.1, 0.15) is 5.54 Å². The Morgan fingerprint density at radius 3 is 2.59 bits per heavy atom. The van der Waals surface area contributed by atoms with E-state index in [0.717, 1.165) is 25.0 Å². The van der Waals surface area contributed by atoms with Gasteiger partial charge in [-0.2, -0.15) is 18.4 Å². The van der Waals surface area contributed by atoms with Crippen LogP contribution < -0.4 is 10.6 Å². The molecule has 22 heavy (non-hydrogen) atoms. The van der Waals surface area contributed by atoms with E-state index >= 15 is 0 Å². The highest BCUT2D eigenvalue weighted by Gasteiger charge is 2.35. The molecule has 1 aliphatic rings. The van der Waals surface area contributed by atoms with Crippen LogP contribution in [0.5, 0.6) is 0 Å². The predicted molar refractivity (Wildman–Crippen MR) is 74.9 cm³/mol. The molecule has 0 unspecified atom stereocenters. The molecule has 0 aliphatic heterocycles. The molecule has 4 nitrogen and oxygen atoms in total. The average molecular weight is 311 g/mol. The molecule has 0 bridgehead atoms. The van der Waals surface area contributed by atoms with E-state index < -0.39 is 23.2 Å². The lowest BCUT2D eigenvalue weighted by atomic mass is 10.00. The predicted octanol–water partition coefficient (Wildman–Crippen LogP) is 3.07. The fourth-order valence-corrected chi connectivity index (χ4v) is 2.54. The molecule has 2 rings (SSSR count). The van der Waals surface area contributed by atoms with Crippen LogP contribution in [0.15, 0.2) is 24.3 Å². The van der Waals surface area contributed by atoms with Crippen LogP contribution >= 0.6 is 0 Å². The van der Waals surface area contributed by atoms with Crippen LogP contribution in [-0.4, -0.2) is 18.0 Å². The maximum atomic E-state index is 12.6. The lowest BCUT2D eigenvalue weighted by molar-refractivity contribution is -0.137. The molecule has 118 valence electrons. The van der Waals surface area contributed by atoms with Crippen LogP contribution in [0, 0.1) is 11.3 Å². The number of amides is 1. The van der Waals surface area contributed by atoms with Crippen molar-refractivity contribution in [1.82, 2.24) is 5.32 Å². The van der Waals surface area contributed by atoms with Crippen molar-refractivity contribution in [2.24, 2.45) is 0 Å². The molecule has 0 radical (unpaired) electrons. The van der Waals surface area contributed by atoms with E-state index in [9.17, 15) is 18.0 Å². The summed E-state index contributed by atoms with van der Waals surface area (Å²) >= 11 is 0. The van der Waals surface area contributed by atoms with Gasteiger partial charge in [-0.3, -0.25) is 4.79 Å². The van der Waals surface area contributed by atoms with Crippen molar-refractivity contribution in [3.63, 3.8) is 0 Å². The second-order valence-electron chi connectivity index (χ2n) is 5.38. The molecule has 2 N–H and O–H groups in total. The van der Waals surface area contributed by atoms with E-state index in [1.54, 1.807) is 0 Å². The Morgan fingerprint density at radius 2 is 2.00 bits per heavy atom. The van der Waals surface area contributed by atoms with E-state index in [2.05, 4.69) is 16.7 Å². The summed E-state index contributed by atoms with van der Waals surface area (Å²) in [4.78, 5) is 11.9. The summed E-state index contributed by atoms with van der Waals surface area (Å²) in [6.45, 7) is -0.176. The number of nitriles is 1. The van der Waals surface area contributed by atoms with Crippen molar-refractivity contribution in [2.45, 2.75) is 37.4 Å². The van der Waals surface area contributed by atoms with Crippen molar-refractivity contribution in [2.75, 3.05) is 11.9 Å². The van der Waals surface area contributed by atoms with E-state index in [0.29, 0.717) is 12.8 Å². The Hall–Kier alpha value is -2.23. The fraction of sp³-hybridized carbons (Fsp3) is 0.467. The van der Waals surface area contributed by atoms with Crippen LogP contribution in [0.4, 0.5) is 18.9 Å². The largest absolute Gasteiger partial charge is 0.416 e. The molecule has 0 heterocycles. The van der Waals surface area contributed by atoms with Gasteiger partial charge >= 0.3 is 6.18 Å². The minimum Gasteiger partial charge on any atom is -0.376 e. The molecule has 0 saturated heterocycles. The molecular formula is C15H16F3N3O. The topological polar surface area (TPSA) is 64.9 Å². The number of anilines is 1. The highest BCUT2D eigenvalue weighted by Crippen LogP contribution is 2.31. The van der Waals surface area contributed by atoms with Gasteiger partial charge in [-0.05, 0) is 43.9 Å². The van der Waals surface area contributed by atoms with Gasteiger partial charge in [0.15, 0.2) is 0 Å².